The Kier molecular flexibility index (Phi) is 4.76. The van der Waals surface area contributed by atoms with Gasteiger partial charge in [-0.05, 0) is 80.0 Å². The first-order valence-corrected chi connectivity index (χ1v) is 12.1. The van der Waals surface area contributed by atoms with Crippen LogP contribution in [-0.2, 0) is 27.6 Å². The van der Waals surface area contributed by atoms with Crippen molar-refractivity contribution in [2.75, 3.05) is 29.4 Å². The number of sulfonamides is 1. The van der Waals surface area contributed by atoms with Gasteiger partial charge >= 0.3 is 0 Å². The normalized spacial score (nSPS) is 23.7. The van der Waals surface area contributed by atoms with E-state index in [1.807, 2.05) is 24.3 Å². The van der Waals surface area contributed by atoms with Gasteiger partial charge in [0.2, 0.25) is 0 Å². The summed E-state index contributed by atoms with van der Waals surface area (Å²) >= 11 is 6.25. The minimum atomic E-state index is -3.71. The zero-order chi connectivity index (χ0) is 20.1. The van der Waals surface area contributed by atoms with Crippen LogP contribution in [0.15, 0.2) is 41.3 Å². The van der Waals surface area contributed by atoms with Crippen LogP contribution in [0.5, 0.6) is 0 Å². The molecule has 1 spiro atoms. The van der Waals surface area contributed by atoms with Gasteiger partial charge < -0.3 is 9.64 Å². The summed E-state index contributed by atoms with van der Waals surface area (Å²) in [4.78, 5) is 2.63. The van der Waals surface area contributed by atoms with Gasteiger partial charge in [0.1, 0.15) is 0 Å². The molecule has 1 unspecified atom stereocenters. The average molecular weight is 433 g/mol. The lowest BCUT2D eigenvalue weighted by Crippen LogP contribution is -2.44. The fourth-order valence-corrected chi connectivity index (χ4v) is 6.35. The number of aryl methyl sites for hydroxylation is 2. The Labute approximate surface area is 177 Å². The molecule has 2 heterocycles. The first-order chi connectivity index (χ1) is 14.0. The Balaban J connectivity index is 1.50. The van der Waals surface area contributed by atoms with Gasteiger partial charge in [-0.25, -0.2) is 8.42 Å². The number of halogens is 1. The number of hydrogen-bond acceptors (Lipinski definition) is 4. The summed E-state index contributed by atoms with van der Waals surface area (Å²) in [6.45, 7) is 2.32. The summed E-state index contributed by atoms with van der Waals surface area (Å²) in [5, 5.41) is 0.510. The number of ether oxygens (including phenoxy) is 1. The van der Waals surface area contributed by atoms with Crippen LogP contribution in [0.3, 0.4) is 0 Å². The van der Waals surface area contributed by atoms with Gasteiger partial charge in [-0.2, -0.15) is 0 Å². The lowest BCUT2D eigenvalue weighted by molar-refractivity contribution is 0.178. The molecule has 2 fully saturated rings. The van der Waals surface area contributed by atoms with Crippen molar-refractivity contribution in [3.8, 4) is 0 Å². The second-order valence-electron chi connectivity index (χ2n) is 8.33. The fourth-order valence-electron chi connectivity index (χ4n) is 5.07. The highest BCUT2D eigenvalue weighted by molar-refractivity contribution is 7.92. The largest absolute Gasteiger partial charge is 0.379 e. The third-order valence-electron chi connectivity index (χ3n) is 6.55. The lowest BCUT2D eigenvalue weighted by atomic mass is 9.95. The third-order valence-corrected chi connectivity index (χ3v) is 8.15. The summed E-state index contributed by atoms with van der Waals surface area (Å²) in [5.41, 5.74) is 3.77. The molecule has 154 valence electrons. The van der Waals surface area contributed by atoms with E-state index >= 15 is 0 Å². The molecule has 7 heteroatoms. The third kappa shape index (κ3) is 3.41. The van der Waals surface area contributed by atoms with Crippen molar-refractivity contribution in [3.63, 3.8) is 0 Å². The van der Waals surface area contributed by atoms with Crippen molar-refractivity contribution >= 4 is 33.0 Å². The Morgan fingerprint density at radius 1 is 1.03 bits per heavy atom. The Morgan fingerprint density at radius 2 is 1.90 bits per heavy atom. The van der Waals surface area contributed by atoms with E-state index in [-0.39, 0.29) is 5.54 Å². The zero-order valence-electron chi connectivity index (χ0n) is 16.3. The number of rotatable bonds is 4. The second-order valence-corrected chi connectivity index (χ2v) is 10.5. The molecular weight excluding hydrogens is 408 g/mol. The van der Waals surface area contributed by atoms with E-state index in [1.54, 1.807) is 12.1 Å². The van der Waals surface area contributed by atoms with Gasteiger partial charge in [0.25, 0.3) is 10.0 Å². The molecule has 5 nitrogen and oxygen atoms in total. The molecule has 1 N–H and O–H groups in total. The van der Waals surface area contributed by atoms with E-state index in [1.165, 1.54) is 5.56 Å². The number of nitrogens with one attached hydrogen (secondary N) is 1. The minimum absolute atomic E-state index is 0.0401. The molecule has 0 aromatic heterocycles. The second kappa shape index (κ2) is 7.18. The number of fused-ring (bicyclic) bond motifs is 1. The van der Waals surface area contributed by atoms with E-state index in [9.17, 15) is 8.42 Å². The number of anilines is 2. The highest BCUT2D eigenvalue weighted by atomic mass is 35.5. The van der Waals surface area contributed by atoms with Crippen molar-refractivity contribution in [2.45, 2.75) is 49.0 Å². The topological polar surface area (TPSA) is 58.6 Å². The van der Waals surface area contributed by atoms with Crippen molar-refractivity contribution in [2.24, 2.45) is 0 Å². The molecule has 3 aliphatic rings. The molecule has 0 amide bonds. The maximum absolute atomic E-state index is 13.2. The summed E-state index contributed by atoms with van der Waals surface area (Å²) < 4.78 is 34.9. The van der Waals surface area contributed by atoms with Gasteiger partial charge in [-0.1, -0.05) is 17.7 Å². The van der Waals surface area contributed by atoms with Crippen LogP contribution in [0.4, 0.5) is 11.4 Å². The quantitative estimate of drug-likeness (QED) is 0.778. The van der Waals surface area contributed by atoms with E-state index < -0.39 is 10.0 Å². The Bertz CT molecular complexity index is 1040. The molecule has 2 aromatic rings. The highest BCUT2D eigenvalue weighted by Gasteiger charge is 2.44. The predicted octanol–water partition coefficient (Wildman–Crippen LogP) is 4.39. The van der Waals surface area contributed by atoms with E-state index in [4.69, 9.17) is 16.3 Å². The van der Waals surface area contributed by atoms with Crippen LogP contribution in [0.1, 0.15) is 36.8 Å². The number of nitrogens with zero attached hydrogens (tertiary/aromatic N) is 1. The van der Waals surface area contributed by atoms with Gasteiger partial charge in [0.15, 0.2) is 0 Å². The molecule has 0 saturated carbocycles. The maximum atomic E-state index is 13.2. The van der Waals surface area contributed by atoms with E-state index in [2.05, 4.69) is 9.62 Å². The standard InChI is InChI=1S/C22H25ClN2O3S/c23-18-6-8-21(25-11-2-9-22(25)10-12-28-15-22)20(14-18)24-29(26,27)19-7-5-16-3-1-4-17(16)13-19/h5-8,13-14,24H,1-4,9-12,15H2. The van der Waals surface area contributed by atoms with E-state index in [0.717, 1.165) is 62.9 Å². The summed E-state index contributed by atoms with van der Waals surface area (Å²) in [6.07, 6.45) is 6.16. The highest BCUT2D eigenvalue weighted by Crippen LogP contribution is 2.43. The monoisotopic (exact) mass is 432 g/mol. The first-order valence-electron chi connectivity index (χ1n) is 10.3. The van der Waals surface area contributed by atoms with E-state index in [0.29, 0.717) is 22.2 Å². The van der Waals surface area contributed by atoms with Crippen LogP contribution >= 0.6 is 11.6 Å². The summed E-state index contributed by atoms with van der Waals surface area (Å²) in [5.74, 6) is 0. The fraction of sp³-hybridized carbons (Fsp3) is 0.455. The molecule has 1 aliphatic carbocycles. The molecule has 0 radical (unpaired) electrons. The molecule has 2 aromatic carbocycles. The van der Waals surface area contributed by atoms with Crippen LogP contribution in [-0.4, -0.2) is 33.7 Å². The van der Waals surface area contributed by atoms with Gasteiger partial charge in [-0.15, -0.1) is 0 Å². The molecule has 2 saturated heterocycles. The Morgan fingerprint density at radius 3 is 2.72 bits per heavy atom. The van der Waals surface area contributed by atoms with Crippen molar-refractivity contribution in [1.82, 2.24) is 0 Å². The number of benzene rings is 2. The summed E-state index contributed by atoms with van der Waals surface area (Å²) in [6, 6.07) is 10.9. The average Bonchev–Trinajstić information content (AvgIpc) is 3.43. The summed E-state index contributed by atoms with van der Waals surface area (Å²) in [7, 11) is -3.71. The van der Waals surface area contributed by atoms with Gasteiger partial charge in [-0.3, -0.25) is 4.72 Å². The minimum Gasteiger partial charge on any atom is -0.379 e. The number of hydrogen-bond donors (Lipinski definition) is 1. The van der Waals surface area contributed by atoms with Crippen molar-refractivity contribution in [3.05, 3.63) is 52.5 Å². The molecule has 2 aliphatic heterocycles. The van der Waals surface area contributed by atoms with Crippen molar-refractivity contribution in [1.29, 1.82) is 0 Å². The predicted molar refractivity (Wildman–Crippen MR) is 115 cm³/mol. The Hall–Kier alpha value is -1.76. The lowest BCUT2D eigenvalue weighted by Gasteiger charge is -2.36. The van der Waals surface area contributed by atoms with Crippen LogP contribution < -0.4 is 9.62 Å². The molecule has 1 atom stereocenters. The van der Waals surface area contributed by atoms with Crippen LogP contribution in [0.2, 0.25) is 5.02 Å². The molecule has 29 heavy (non-hydrogen) atoms. The van der Waals surface area contributed by atoms with Gasteiger partial charge in [0, 0.05) is 18.2 Å². The smallest absolute Gasteiger partial charge is 0.261 e. The molecule has 0 bridgehead atoms. The SMILES string of the molecule is O=S(=O)(Nc1cc(Cl)ccc1N1CCCC12CCOC2)c1ccc2c(c1)CCC2. The van der Waals surface area contributed by atoms with Crippen molar-refractivity contribution < 1.29 is 13.2 Å². The van der Waals surface area contributed by atoms with Crippen LogP contribution in [0, 0.1) is 0 Å². The van der Waals surface area contributed by atoms with Crippen LogP contribution in [0.25, 0.3) is 0 Å². The maximum Gasteiger partial charge on any atom is 0.261 e. The molecule has 5 rings (SSSR count). The van der Waals surface area contributed by atoms with Gasteiger partial charge in [0.05, 0.1) is 28.4 Å². The molecular formula is C22H25ClN2O3S. The zero-order valence-corrected chi connectivity index (χ0v) is 17.9. The first kappa shape index (κ1) is 19.2.